The molecule has 0 radical (unpaired) electrons. The van der Waals surface area contributed by atoms with Gasteiger partial charge in [-0.25, -0.2) is 0 Å². The number of amides is 1. The largest absolute Gasteiger partial charge is 0.349 e. The Morgan fingerprint density at radius 3 is 2.86 bits per heavy atom. The standard InChI is InChI=1S/C16H19ClN2OS2/c17-16(6-3-14(22-16)13-2-1-9-21-13)15(20)18-12-10-19-7-4-11(12)5-8-19/h1-3,9,11-12H,4-8,10H2,(H,18,20)/t12-,16?/m0/s1. The van der Waals surface area contributed by atoms with Gasteiger partial charge in [-0.15, -0.1) is 11.3 Å². The van der Waals surface area contributed by atoms with Crippen LogP contribution in [-0.2, 0) is 4.79 Å². The highest BCUT2D eigenvalue weighted by molar-refractivity contribution is 8.11. The van der Waals surface area contributed by atoms with Crippen LogP contribution < -0.4 is 5.32 Å². The van der Waals surface area contributed by atoms with Gasteiger partial charge in [-0.05, 0) is 43.3 Å². The predicted octanol–water partition coefficient (Wildman–Crippen LogP) is 3.37. The van der Waals surface area contributed by atoms with Crippen LogP contribution in [0.15, 0.2) is 23.6 Å². The summed E-state index contributed by atoms with van der Waals surface area (Å²) in [6.45, 7) is 3.35. The summed E-state index contributed by atoms with van der Waals surface area (Å²) in [5.74, 6) is 0.617. The van der Waals surface area contributed by atoms with E-state index >= 15 is 0 Å². The minimum atomic E-state index is -0.870. The van der Waals surface area contributed by atoms with Gasteiger partial charge in [-0.3, -0.25) is 4.79 Å². The van der Waals surface area contributed by atoms with Gasteiger partial charge in [0.15, 0.2) is 4.21 Å². The second-order valence-electron chi connectivity index (χ2n) is 6.30. The summed E-state index contributed by atoms with van der Waals surface area (Å²) in [4.78, 5) is 17.5. The maximum Gasteiger partial charge on any atom is 0.252 e. The lowest BCUT2D eigenvalue weighted by Gasteiger charge is -2.45. The van der Waals surface area contributed by atoms with E-state index in [1.54, 1.807) is 11.3 Å². The molecular formula is C16H19ClN2OS2. The van der Waals surface area contributed by atoms with Crippen LogP contribution in [0.5, 0.6) is 0 Å². The molecule has 0 aromatic carbocycles. The Kier molecular flexibility index (Phi) is 4.01. The van der Waals surface area contributed by atoms with Crippen molar-refractivity contribution in [2.45, 2.75) is 29.5 Å². The lowest BCUT2D eigenvalue weighted by Crippen LogP contribution is -2.59. The van der Waals surface area contributed by atoms with E-state index < -0.39 is 4.21 Å². The van der Waals surface area contributed by atoms with Crippen molar-refractivity contribution in [3.05, 3.63) is 28.5 Å². The summed E-state index contributed by atoms with van der Waals surface area (Å²) in [7, 11) is 0. The molecule has 1 aromatic heterocycles. The van der Waals surface area contributed by atoms with E-state index in [2.05, 4.69) is 27.7 Å². The van der Waals surface area contributed by atoms with Crippen LogP contribution >= 0.6 is 34.7 Å². The molecule has 22 heavy (non-hydrogen) atoms. The second-order valence-corrected chi connectivity index (χ2v) is 9.46. The number of nitrogens with zero attached hydrogens (tertiary/aromatic N) is 1. The molecule has 1 aromatic rings. The van der Waals surface area contributed by atoms with Gasteiger partial charge in [0, 0.05) is 28.8 Å². The lowest BCUT2D eigenvalue weighted by atomic mass is 9.84. The van der Waals surface area contributed by atoms with Gasteiger partial charge in [-0.1, -0.05) is 35.5 Å². The van der Waals surface area contributed by atoms with Crippen LogP contribution in [0.1, 0.15) is 24.1 Å². The number of hydrogen-bond acceptors (Lipinski definition) is 4. The van der Waals surface area contributed by atoms with Gasteiger partial charge in [0.25, 0.3) is 5.91 Å². The van der Waals surface area contributed by atoms with Crippen molar-refractivity contribution in [3.63, 3.8) is 0 Å². The van der Waals surface area contributed by atoms with Crippen LogP contribution in [0.3, 0.4) is 0 Å². The number of carbonyl (C=O) groups excluding carboxylic acids is 1. The number of halogens is 1. The van der Waals surface area contributed by atoms with Crippen LogP contribution in [-0.4, -0.2) is 40.7 Å². The van der Waals surface area contributed by atoms with Crippen LogP contribution in [0.25, 0.3) is 4.91 Å². The van der Waals surface area contributed by atoms with Crippen molar-refractivity contribution in [2.24, 2.45) is 5.92 Å². The summed E-state index contributed by atoms with van der Waals surface area (Å²) >= 11 is 9.83. The predicted molar refractivity (Wildman–Crippen MR) is 94.2 cm³/mol. The molecule has 5 rings (SSSR count). The van der Waals surface area contributed by atoms with Gasteiger partial charge >= 0.3 is 0 Å². The Hall–Kier alpha value is -0.490. The number of carbonyl (C=O) groups is 1. The van der Waals surface area contributed by atoms with E-state index in [0.29, 0.717) is 12.3 Å². The number of thioether (sulfide) groups is 1. The van der Waals surface area contributed by atoms with E-state index in [0.717, 1.165) is 11.4 Å². The number of nitrogens with one attached hydrogen (secondary N) is 1. The van der Waals surface area contributed by atoms with E-state index in [1.807, 2.05) is 6.07 Å². The Bertz CT molecular complexity index is 595. The number of piperidine rings is 3. The SMILES string of the molecule is O=C(N[C@H]1CN2CCC1CC2)C1(Cl)CC=C(c2cccs2)S1. The van der Waals surface area contributed by atoms with Crippen molar-refractivity contribution in [1.82, 2.24) is 10.2 Å². The first-order chi connectivity index (χ1) is 10.6. The molecule has 0 spiro atoms. The molecule has 1 unspecified atom stereocenters. The molecule has 118 valence electrons. The quantitative estimate of drug-likeness (QED) is 0.845. The molecule has 4 aliphatic heterocycles. The van der Waals surface area contributed by atoms with Gasteiger partial charge in [-0.2, -0.15) is 0 Å². The molecule has 1 N–H and O–H groups in total. The Labute approximate surface area is 144 Å². The van der Waals surface area contributed by atoms with Crippen molar-refractivity contribution < 1.29 is 4.79 Å². The highest BCUT2D eigenvalue weighted by Gasteiger charge is 2.44. The molecule has 2 atom stereocenters. The third-order valence-electron chi connectivity index (χ3n) is 4.90. The topological polar surface area (TPSA) is 32.3 Å². The van der Waals surface area contributed by atoms with Crippen LogP contribution in [0.4, 0.5) is 0 Å². The van der Waals surface area contributed by atoms with Gasteiger partial charge in [0.1, 0.15) is 0 Å². The average molecular weight is 355 g/mol. The smallest absolute Gasteiger partial charge is 0.252 e. The first-order valence-corrected chi connectivity index (χ1v) is 9.87. The molecule has 0 saturated carbocycles. The van der Waals surface area contributed by atoms with Crippen molar-refractivity contribution >= 4 is 45.5 Å². The fraction of sp³-hybridized carbons (Fsp3) is 0.562. The van der Waals surface area contributed by atoms with Crippen molar-refractivity contribution in [2.75, 3.05) is 19.6 Å². The first-order valence-electron chi connectivity index (χ1n) is 7.79. The zero-order valence-electron chi connectivity index (χ0n) is 12.3. The molecular weight excluding hydrogens is 336 g/mol. The summed E-state index contributed by atoms with van der Waals surface area (Å²) in [5.41, 5.74) is 0. The number of fused-ring (bicyclic) bond motifs is 3. The summed E-state index contributed by atoms with van der Waals surface area (Å²) in [5, 5.41) is 5.29. The fourth-order valence-corrected chi connectivity index (χ4v) is 5.91. The summed E-state index contributed by atoms with van der Waals surface area (Å²) in [6.07, 6.45) is 5.09. The molecule has 3 nitrogen and oxygen atoms in total. The zero-order valence-corrected chi connectivity index (χ0v) is 14.6. The Balaban J connectivity index is 1.41. The number of allylic oxidation sites excluding steroid dienone is 1. The maximum atomic E-state index is 12.7. The molecule has 5 heterocycles. The second kappa shape index (κ2) is 5.86. The maximum absolute atomic E-state index is 12.7. The van der Waals surface area contributed by atoms with Crippen molar-refractivity contribution in [3.8, 4) is 0 Å². The fourth-order valence-electron chi connectivity index (χ4n) is 3.60. The third-order valence-corrected chi connectivity index (χ3v) is 7.77. The minimum Gasteiger partial charge on any atom is -0.349 e. The molecule has 6 heteroatoms. The molecule has 4 aliphatic rings. The van der Waals surface area contributed by atoms with Gasteiger partial charge in [0.2, 0.25) is 0 Å². The van der Waals surface area contributed by atoms with E-state index in [1.165, 1.54) is 42.6 Å². The number of hydrogen-bond donors (Lipinski definition) is 1. The van der Waals surface area contributed by atoms with Crippen molar-refractivity contribution in [1.29, 1.82) is 0 Å². The molecule has 2 bridgehead atoms. The highest BCUT2D eigenvalue weighted by atomic mass is 35.5. The summed E-state index contributed by atoms with van der Waals surface area (Å²) in [6, 6.07) is 4.39. The highest BCUT2D eigenvalue weighted by Crippen LogP contribution is 2.50. The third kappa shape index (κ3) is 2.73. The van der Waals surface area contributed by atoms with E-state index in [4.69, 9.17) is 11.6 Å². The monoisotopic (exact) mass is 354 g/mol. The van der Waals surface area contributed by atoms with Gasteiger partial charge < -0.3 is 10.2 Å². The van der Waals surface area contributed by atoms with E-state index in [-0.39, 0.29) is 11.9 Å². The minimum absolute atomic E-state index is 0.0132. The molecule has 1 amide bonds. The molecule has 3 saturated heterocycles. The Morgan fingerprint density at radius 1 is 1.41 bits per heavy atom. The summed E-state index contributed by atoms with van der Waals surface area (Å²) < 4.78 is -0.870. The lowest BCUT2D eigenvalue weighted by molar-refractivity contribution is -0.123. The molecule has 0 aliphatic carbocycles. The number of thiophene rings is 1. The molecule has 3 fully saturated rings. The number of rotatable bonds is 3. The Morgan fingerprint density at radius 2 is 2.23 bits per heavy atom. The van der Waals surface area contributed by atoms with Gasteiger partial charge in [0.05, 0.1) is 0 Å². The van der Waals surface area contributed by atoms with Crippen LogP contribution in [0.2, 0.25) is 0 Å². The number of alkyl halides is 1. The van der Waals surface area contributed by atoms with Crippen LogP contribution in [0, 0.1) is 5.92 Å². The normalized spacial score (nSPS) is 37.1. The first kappa shape index (κ1) is 15.1. The average Bonchev–Trinajstić information content (AvgIpc) is 3.18. The van der Waals surface area contributed by atoms with E-state index in [9.17, 15) is 4.79 Å². The zero-order chi connectivity index (χ0) is 15.2.